The summed E-state index contributed by atoms with van der Waals surface area (Å²) in [6, 6.07) is 8.38. The van der Waals surface area contributed by atoms with Gasteiger partial charge < -0.3 is 16.2 Å². The van der Waals surface area contributed by atoms with Crippen molar-refractivity contribution in [3.8, 4) is 0 Å². The molecule has 2 atom stereocenters. The van der Waals surface area contributed by atoms with Gasteiger partial charge in [-0.25, -0.2) is 0 Å². The van der Waals surface area contributed by atoms with E-state index >= 15 is 0 Å². The summed E-state index contributed by atoms with van der Waals surface area (Å²) in [7, 11) is 0. The molecule has 0 aliphatic carbocycles. The van der Waals surface area contributed by atoms with E-state index in [1.54, 1.807) is 0 Å². The van der Waals surface area contributed by atoms with E-state index in [4.69, 9.17) is 5.73 Å². The van der Waals surface area contributed by atoms with Gasteiger partial charge in [0.25, 0.3) is 0 Å². The Morgan fingerprint density at radius 1 is 1.50 bits per heavy atom. The molecule has 2 unspecified atom stereocenters. The fraction of sp³-hybridized carbons (Fsp3) is 0.538. The number of anilines is 1. The van der Waals surface area contributed by atoms with Crippen LogP contribution in [0, 0.1) is 0 Å². The Morgan fingerprint density at radius 2 is 2.25 bits per heavy atom. The van der Waals surface area contributed by atoms with Crippen molar-refractivity contribution in [3.63, 3.8) is 0 Å². The maximum absolute atomic E-state index is 10.3. The SMILES string of the molecule is CC(O)(CCN)C1CCc2ccccc2N1. The number of nitrogens with one attached hydrogen (secondary N) is 1. The number of aliphatic hydroxyl groups is 1. The molecule has 1 aliphatic rings. The topological polar surface area (TPSA) is 58.3 Å². The van der Waals surface area contributed by atoms with E-state index in [0.717, 1.165) is 18.5 Å². The molecule has 1 aromatic rings. The minimum absolute atomic E-state index is 0.103. The first-order valence-corrected chi connectivity index (χ1v) is 5.90. The maximum Gasteiger partial charge on any atom is 0.0831 e. The van der Waals surface area contributed by atoms with Crippen LogP contribution in [0.2, 0.25) is 0 Å². The van der Waals surface area contributed by atoms with E-state index in [1.807, 2.05) is 13.0 Å². The van der Waals surface area contributed by atoms with Crippen LogP contribution in [0.5, 0.6) is 0 Å². The number of para-hydroxylation sites is 1. The highest BCUT2D eigenvalue weighted by atomic mass is 16.3. The Kier molecular flexibility index (Phi) is 3.17. The largest absolute Gasteiger partial charge is 0.388 e. The lowest BCUT2D eigenvalue weighted by Gasteiger charge is -2.37. The Morgan fingerprint density at radius 3 is 3.00 bits per heavy atom. The van der Waals surface area contributed by atoms with Crippen molar-refractivity contribution in [3.05, 3.63) is 29.8 Å². The molecule has 0 radical (unpaired) electrons. The lowest BCUT2D eigenvalue weighted by Crippen LogP contribution is -2.47. The van der Waals surface area contributed by atoms with Gasteiger partial charge >= 0.3 is 0 Å². The average molecular weight is 220 g/mol. The van der Waals surface area contributed by atoms with E-state index in [-0.39, 0.29) is 6.04 Å². The molecule has 0 saturated heterocycles. The van der Waals surface area contributed by atoms with Gasteiger partial charge in [0, 0.05) is 5.69 Å². The van der Waals surface area contributed by atoms with Gasteiger partial charge in [-0.1, -0.05) is 18.2 Å². The maximum atomic E-state index is 10.3. The van der Waals surface area contributed by atoms with Gasteiger partial charge in [-0.05, 0) is 44.4 Å². The van der Waals surface area contributed by atoms with Gasteiger partial charge in [-0.15, -0.1) is 0 Å². The highest BCUT2D eigenvalue weighted by Crippen LogP contribution is 2.30. The highest BCUT2D eigenvalue weighted by molar-refractivity contribution is 5.54. The first-order valence-electron chi connectivity index (χ1n) is 5.90. The van der Waals surface area contributed by atoms with Gasteiger partial charge in [-0.2, -0.15) is 0 Å². The number of hydrogen-bond acceptors (Lipinski definition) is 3. The third kappa shape index (κ3) is 2.20. The minimum atomic E-state index is -0.720. The van der Waals surface area contributed by atoms with Crippen LogP contribution in [0.3, 0.4) is 0 Å². The summed E-state index contributed by atoms with van der Waals surface area (Å²) in [5, 5.41) is 13.7. The second-order valence-corrected chi connectivity index (χ2v) is 4.79. The van der Waals surface area contributed by atoms with E-state index < -0.39 is 5.60 Å². The Hall–Kier alpha value is -1.06. The molecule has 0 bridgehead atoms. The van der Waals surface area contributed by atoms with Crippen LogP contribution in [0.4, 0.5) is 5.69 Å². The van der Waals surface area contributed by atoms with Crippen LogP contribution < -0.4 is 11.1 Å². The lowest BCUT2D eigenvalue weighted by molar-refractivity contribution is 0.0299. The molecule has 0 aromatic heterocycles. The lowest BCUT2D eigenvalue weighted by atomic mass is 9.85. The summed E-state index contributed by atoms with van der Waals surface area (Å²) in [6.07, 6.45) is 2.62. The summed E-state index contributed by atoms with van der Waals surface area (Å²) < 4.78 is 0. The van der Waals surface area contributed by atoms with Crippen molar-refractivity contribution in [1.29, 1.82) is 0 Å². The normalized spacial score (nSPS) is 23.1. The monoisotopic (exact) mass is 220 g/mol. The molecule has 3 heteroatoms. The molecule has 88 valence electrons. The number of nitrogens with two attached hydrogens (primary N) is 1. The smallest absolute Gasteiger partial charge is 0.0831 e. The molecule has 1 aliphatic heterocycles. The Labute approximate surface area is 96.7 Å². The second kappa shape index (κ2) is 4.44. The molecule has 1 heterocycles. The number of rotatable bonds is 3. The third-order valence-corrected chi connectivity index (χ3v) is 3.45. The average Bonchev–Trinajstić information content (AvgIpc) is 2.28. The molecular weight excluding hydrogens is 200 g/mol. The zero-order chi connectivity index (χ0) is 11.6. The Balaban J connectivity index is 2.13. The first kappa shape index (κ1) is 11.4. The van der Waals surface area contributed by atoms with Gasteiger partial charge in [0.15, 0.2) is 0 Å². The zero-order valence-corrected chi connectivity index (χ0v) is 9.74. The first-order chi connectivity index (χ1) is 7.63. The zero-order valence-electron chi connectivity index (χ0n) is 9.74. The van der Waals surface area contributed by atoms with E-state index in [1.165, 1.54) is 5.56 Å². The molecule has 3 nitrogen and oxygen atoms in total. The standard InChI is InChI=1S/C13H20N2O/c1-13(16,8-9-14)12-7-6-10-4-2-3-5-11(10)15-12/h2-5,12,15-16H,6-9,14H2,1H3. The number of aryl methyl sites for hydroxylation is 1. The summed E-state index contributed by atoms with van der Waals surface area (Å²) in [6.45, 7) is 2.39. The van der Waals surface area contributed by atoms with E-state index in [2.05, 4.69) is 23.5 Å². The van der Waals surface area contributed by atoms with Crippen LogP contribution in [0.15, 0.2) is 24.3 Å². The summed E-state index contributed by atoms with van der Waals surface area (Å²) in [4.78, 5) is 0. The van der Waals surface area contributed by atoms with Gasteiger partial charge in [-0.3, -0.25) is 0 Å². The number of benzene rings is 1. The van der Waals surface area contributed by atoms with Gasteiger partial charge in [0.1, 0.15) is 0 Å². The quantitative estimate of drug-likeness (QED) is 0.723. The minimum Gasteiger partial charge on any atom is -0.388 e. The molecule has 0 fully saturated rings. The number of hydrogen-bond donors (Lipinski definition) is 3. The summed E-state index contributed by atoms with van der Waals surface area (Å²) in [5.74, 6) is 0. The van der Waals surface area contributed by atoms with E-state index in [9.17, 15) is 5.11 Å². The molecular formula is C13H20N2O. The second-order valence-electron chi connectivity index (χ2n) is 4.79. The predicted octanol–water partition coefficient (Wildman–Crippen LogP) is 1.51. The van der Waals surface area contributed by atoms with Crippen molar-refractivity contribution >= 4 is 5.69 Å². The Bertz CT molecular complexity index is 363. The highest BCUT2D eigenvalue weighted by Gasteiger charge is 2.33. The molecule has 2 rings (SSSR count). The van der Waals surface area contributed by atoms with Crippen LogP contribution in [-0.4, -0.2) is 23.3 Å². The summed E-state index contributed by atoms with van der Waals surface area (Å²) in [5.41, 5.74) is 7.29. The van der Waals surface area contributed by atoms with Crippen molar-refractivity contribution in [2.24, 2.45) is 5.73 Å². The van der Waals surface area contributed by atoms with Gasteiger partial charge in [0.2, 0.25) is 0 Å². The van der Waals surface area contributed by atoms with Crippen molar-refractivity contribution in [1.82, 2.24) is 0 Å². The van der Waals surface area contributed by atoms with E-state index in [0.29, 0.717) is 13.0 Å². The summed E-state index contributed by atoms with van der Waals surface area (Å²) >= 11 is 0. The van der Waals surface area contributed by atoms with Crippen LogP contribution >= 0.6 is 0 Å². The van der Waals surface area contributed by atoms with Crippen LogP contribution in [0.1, 0.15) is 25.3 Å². The molecule has 0 spiro atoms. The fourth-order valence-electron chi connectivity index (χ4n) is 2.37. The predicted molar refractivity (Wildman–Crippen MR) is 66.5 cm³/mol. The molecule has 4 N–H and O–H groups in total. The molecule has 0 amide bonds. The van der Waals surface area contributed by atoms with Crippen molar-refractivity contribution in [2.75, 3.05) is 11.9 Å². The number of fused-ring (bicyclic) bond motifs is 1. The molecule has 16 heavy (non-hydrogen) atoms. The van der Waals surface area contributed by atoms with Crippen LogP contribution in [0.25, 0.3) is 0 Å². The molecule has 1 aromatic carbocycles. The van der Waals surface area contributed by atoms with Crippen molar-refractivity contribution in [2.45, 2.75) is 37.8 Å². The molecule has 0 saturated carbocycles. The third-order valence-electron chi connectivity index (χ3n) is 3.45. The van der Waals surface area contributed by atoms with Crippen LogP contribution in [-0.2, 0) is 6.42 Å². The van der Waals surface area contributed by atoms with Crippen molar-refractivity contribution < 1.29 is 5.11 Å². The fourth-order valence-corrected chi connectivity index (χ4v) is 2.37. The van der Waals surface area contributed by atoms with Gasteiger partial charge in [0.05, 0.1) is 11.6 Å².